The van der Waals surface area contributed by atoms with Crippen LogP contribution in [0.3, 0.4) is 0 Å². The Labute approximate surface area is 148 Å². The maximum Gasteiger partial charge on any atom is 0.410 e. The number of ether oxygens (including phenoxy) is 1. The summed E-state index contributed by atoms with van der Waals surface area (Å²) in [5.74, 6) is 0.197. The molecule has 3 amide bonds. The minimum atomic E-state index is -0.414. The highest BCUT2D eigenvalue weighted by atomic mass is 16.6. The molecule has 3 heterocycles. The smallest absolute Gasteiger partial charge is 0.410 e. The number of nitrogens with zero attached hydrogens (tertiary/aromatic N) is 3. The Hall–Kier alpha value is -1.79. The molecule has 1 spiro atoms. The number of hydrogen-bond donors (Lipinski definition) is 0. The minimum absolute atomic E-state index is 0.0649. The Bertz CT molecular complexity index is 575. The fraction of sp³-hybridized carbons (Fsp3) is 0.833. The van der Waals surface area contributed by atoms with Gasteiger partial charge >= 0.3 is 6.09 Å². The zero-order chi connectivity index (χ0) is 17.4. The van der Waals surface area contributed by atoms with Gasteiger partial charge in [0.15, 0.2) is 0 Å². The maximum absolute atomic E-state index is 13.2. The van der Waals surface area contributed by atoms with Gasteiger partial charge in [-0.25, -0.2) is 4.79 Å². The van der Waals surface area contributed by atoms with Crippen LogP contribution in [-0.4, -0.2) is 78.0 Å². The molecule has 0 aromatic rings. The highest BCUT2D eigenvalue weighted by molar-refractivity contribution is 5.87. The standard InChI is InChI=1S/C18H27N3O4/c22-15(12-19-10-11-25-17(19)24)20-9-7-18(13-20)6-3-8-21(16(18)23)14-4-1-2-5-14/h14H,1-13H2. The van der Waals surface area contributed by atoms with Crippen LogP contribution in [0.5, 0.6) is 0 Å². The van der Waals surface area contributed by atoms with E-state index < -0.39 is 6.09 Å². The van der Waals surface area contributed by atoms with E-state index in [1.165, 1.54) is 17.7 Å². The molecule has 138 valence electrons. The number of rotatable bonds is 3. The van der Waals surface area contributed by atoms with Crippen molar-refractivity contribution < 1.29 is 19.1 Å². The normalized spacial score (nSPS) is 30.6. The van der Waals surface area contributed by atoms with Gasteiger partial charge in [-0.15, -0.1) is 0 Å². The van der Waals surface area contributed by atoms with Crippen molar-refractivity contribution >= 4 is 17.9 Å². The second-order valence-corrected chi connectivity index (χ2v) is 7.92. The van der Waals surface area contributed by atoms with Crippen LogP contribution in [0.2, 0.25) is 0 Å². The van der Waals surface area contributed by atoms with Crippen LogP contribution < -0.4 is 0 Å². The zero-order valence-electron chi connectivity index (χ0n) is 14.7. The molecule has 4 rings (SSSR count). The van der Waals surface area contributed by atoms with Crippen molar-refractivity contribution in [3.8, 4) is 0 Å². The van der Waals surface area contributed by atoms with Gasteiger partial charge in [0.25, 0.3) is 0 Å². The maximum atomic E-state index is 13.2. The lowest BCUT2D eigenvalue weighted by molar-refractivity contribution is -0.148. The zero-order valence-corrected chi connectivity index (χ0v) is 14.7. The Morgan fingerprint density at radius 1 is 1.08 bits per heavy atom. The topological polar surface area (TPSA) is 70.2 Å². The lowest BCUT2D eigenvalue weighted by atomic mass is 9.77. The second kappa shape index (κ2) is 6.50. The first-order valence-electron chi connectivity index (χ1n) is 9.60. The molecule has 3 aliphatic heterocycles. The average Bonchev–Trinajstić information content (AvgIpc) is 3.33. The summed E-state index contributed by atoms with van der Waals surface area (Å²) in [5.41, 5.74) is -0.387. The number of hydrogen-bond acceptors (Lipinski definition) is 4. The first kappa shape index (κ1) is 16.7. The molecule has 7 heteroatoms. The molecule has 0 radical (unpaired) electrons. The predicted molar refractivity (Wildman–Crippen MR) is 89.8 cm³/mol. The summed E-state index contributed by atoms with van der Waals surface area (Å²) in [4.78, 5) is 42.6. The number of piperidine rings is 1. The summed E-state index contributed by atoms with van der Waals surface area (Å²) in [6.45, 7) is 2.89. The monoisotopic (exact) mass is 349 g/mol. The fourth-order valence-electron chi connectivity index (χ4n) is 4.96. The van der Waals surface area contributed by atoms with Gasteiger partial charge in [-0.3, -0.25) is 14.5 Å². The van der Waals surface area contributed by atoms with Crippen LogP contribution in [0.1, 0.15) is 44.9 Å². The third-order valence-electron chi connectivity index (χ3n) is 6.41. The molecule has 4 fully saturated rings. The third-order valence-corrected chi connectivity index (χ3v) is 6.41. The van der Waals surface area contributed by atoms with Crippen molar-refractivity contribution in [3.63, 3.8) is 0 Å². The van der Waals surface area contributed by atoms with Gasteiger partial charge in [-0.05, 0) is 32.1 Å². The van der Waals surface area contributed by atoms with Crippen molar-refractivity contribution in [2.75, 3.05) is 39.3 Å². The van der Waals surface area contributed by atoms with E-state index in [2.05, 4.69) is 4.90 Å². The van der Waals surface area contributed by atoms with Crippen molar-refractivity contribution in [1.82, 2.24) is 14.7 Å². The van der Waals surface area contributed by atoms with E-state index in [4.69, 9.17) is 4.74 Å². The molecule has 1 aliphatic carbocycles. The summed E-state index contributed by atoms with van der Waals surface area (Å²) in [6, 6.07) is 0.411. The molecule has 3 saturated heterocycles. The lowest BCUT2D eigenvalue weighted by Crippen LogP contribution is -2.53. The van der Waals surface area contributed by atoms with E-state index in [0.717, 1.165) is 38.6 Å². The second-order valence-electron chi connectivity index (χ2n) is 7.92. The highest BCUT2D eigenvalue weighted by Gasteiger charge is 2.50. The summed E-state index contributed by atoms with van der Waals surface area (Å²) in [5, 5.41) is 0. The van der Waals surface area contributed by atoms with Gasteiger partial charge < -0.3 is 14.5 Å². The van der Waals surface area contributed by atoms with Gasteiger partial charge in [0.05, 0.1) is 12.0 Å². The molecule has 7 nitrogen and oxygen atoms in total. The molecule has 1 saturated carbocycles. The Balaban J connectivity index is 1.40. The first-order chi connectivity index (χ1) is 12.1. The van der Waals surface area contributed by atoms with Crippen LogP contribution in [-0.2, 0) is 14.3 Å². The quantitative estimate of drug-likeness (QED) is 0.768. The van der Waals surface area contributed by atoms with E-state index in [1.807, 2.05) is 0 Å². The molecule has 1 unspecified atom stereocenters. The number of carbonyl (C=O) groups is 3. The SMILES string of the molecule is O=C(CN1CCOC1=O)N1CCC2(CCCN(C3CCCC3)C2=O)C1. The van der Waals surface area contributed by atoms with Crippen LogP contribution >= 0.6 is 0 Å². The molecule has 25 heavy (non-hydrogen) atoms. The van der Waals surface area contributed by atoms with Crippen molar-refractivity contribution in [2.45, 2.75) is 51.0 Å². The molecule has 0 aromatic heterocycles. The summed E-state index contributed by atoms with van der Waals surface area (Å²) >= 11 is 0. The molecular weight excluding hydrogens is 322 g/mol. The first-order valence-corrected chi connectivity index (χ1v) is 9.60. The number of carbonyl (C=O) groups excluding carboxylic acids is 3. The molecular formula is C18H27N3O4. The van der Waals surface area contributed by atoms with Gasteiger partial charge in [0.2, 0.25) is 11.8 Å². The number of cyclic esters (lactones) is 1. The highest BCUT2D eigenvalue weighted by Crippen LogP contribution is 2.42. The minimum Gasteiger partial charge on any atom is -0.448 e. The van der Waals surface area contributed by atoms with E-state index in [-0.39, 0.29) is 23.8 Å². The van der Waals surface area contributed by atoms with Crippen LogP contribution in [0.15, 0.2) is 0 Å². The van der Waals surface area contributed by atoms with Crippen LogP contribution in [0.25, 0.3) is 0 Å². The van der Waals surface area contributed by atoms with E-state index in [9.17, 15) is 14.4 Å². The molecule has 1 atom stereocenters. The molecule has 4 aliphatic rings. The third kappa shape index (κ3) is 2.98. The number of amides is 3. The van der Waals surface area contributed by atoms with Gasteiger partial charge in [0, 0.05) is 25.7 Å². The van der Waals surface area contributed by atoms with Gasteiger partial charge in [-0.1, -0.05) is 12.8 Å². The molecule has 0 bridgehead atoms. The Morgan fingerprint density at radius 2 is 1.88 bits per heavy atom. The van der Waals surface area contributed by atoms with Crippen LogP contribution in [0, 0.1) is 5.41 Å². The van der Waals surface area contributed by atoms with Gasteiger partial charge in [-0.2, -0.15) is 0 Å². The average molecular weight is 349 g/mol. The van der Waals surface area contributed by atoms with Crippen molar-refractivity contribution in [3.05, 3.63) is 0 Å². The van der Waals surface area contributed by atoms with E-state index >= 15 is 0 Å². The fourth-order valence-corrected chi connectivity index (χ4v) is 4.96. The van der Waals surface area contributed by atoms with Gasteiger partial charge in [0.1, 0.15) is 13.2 Å². The summed E-state index contributed by atoms with van der Waals surface area (Å²) in [7, 11) is 0. The van der Waals surface area contributed by atoms with Crippen molar-refractivity contribution in [1.29, 1.82) is 0 Å². The molecule has 0 aromatic carbocycles. The largest absolute Gasteiger partial charge is 0.448 e. The van der Waals surface area contributed by atoms with Crippen molar-refractivity contribution in [2.24, 2.45) is 5.41 Å². The Kier molecular flexibility index (Phi) is 4.33. The van der Waals surface area contributed by atoms with E-state index in [0.29, 0.717) is 32.3 Å². The lowest BCUT2D eigenvalue weighted by Gasteiger charge is -2.42. The van der Waals surface area contributed by atoms with E-state index in [1.54, 1.807) is 4.90 Å². The Morgan fingerprint density at radius 3 is 2.60 bits per heavy atom. The summed E-state index contributed by atoms with van der Waals surface area (Å²) < 4.78 is 4.88. The molecule has 0 N–H and O–H groups in total. The summed E-state index contributed by atoms with van der Waals surface area (Å²) in [6.07, 6.45) is 6.95. The van der Waals surface area contributed by atoms with Crippen LogP contribution in [0.4, 0.5) is 4.79 Å². The number of likely N-dealkylation sites (tertiary alicyclic amines) is 2. The predicted octanol–water partition coefficient (Wildman–Crippen LogP) is 1.22.